The van der Waals surface area contributed by atoms with E-state index in [1.165, 1.54) is 6.07 Å². The molecule has 2 N–H and O–H groups in total. The number of rotatable bonds is 5. The first-order valence-electron chi connectivity index (χ1n) is 5.34. The predicted molar refractivity (Wildman–Crippen MR) is 62.2 cm³/mol. The summed E-state index contributed by atoms with van der Waals surface area (Å²) in [5, 5.41) is 0. The molecule has 1 aromatic carbocycles. The fourth-order valence-electron chi connectivity index (χ4n) is 1.22. The molecule has 0 saturated carbocycles. The molecule has 0 bridgehead atoms. The lowest BCUT2D eigenvalue weighted by molar-refractivity contribution is 0.0177. The first-order valence-corrected chi connectivity index (χ1v) is 5.34. The maximum Gasteiger partial charge on any atom is 0.340 e. The molecule has 0 aliphatic heterocycles. The van der Waals surface area contributed by atoms with Crippen molar-refractivity contribution < 1.29 is 18.7 Å². The molecule has 0 radical (unpaired) electrons. The Labute approximate surface area is 99.5 Å². The van der Waals surface area contributed by atoms with Crippen molar-refractivity contribution in [3.63, 3.8) is 0 Å². The van der Waals surface area contributed by atoms with Crippen LogP contribution in [0.2, 0.25) is 0 Å². The second kappa shape index (κ2) is 6.20. The second-order valence-electron chi connectivity index (χ2n) is 3.79. The maximum absolute atomic E-state index is 12.8. The summed E-state index contributed by atoms with van der Waals surface area (Å²) >= 11 is 0. The van der Waals surface area contributed by atoms with Gasteiger partial charge in [0.25, 0.3) is 0 Å². The molecule has 1 rings (SSSR count). The molecule has 0 aromatic heterocycles. The third-order valence-electron chi connectivity index (χ3n) is 2.00. The molecule has 0 unspecified atom stereocenters. The molecule has 5 heteroatoms. The van der Waals surface area contributed by atoms with Gasteiger partial charge in [0.2, 0.25) is 0 Å². The number of hydrogen-bond acceptors (Lipinski definition) is 4. The summed E-state index contributed by atoms with van der Waals surface area (Å²) in [6.45, 7) is 4.25. The Balaban J connectivity index is 2.47. The minimum Gasteiger partial charge on any atom is -0.460 e. The van der Waals surface area contributed by atoms with Crippen LogP contribution in [0.1, 0.15) is 24.2 Å². The van der Waals surface area contributed by atoms with Crippen LogP contribution in [0.25, 0.3) is 0 Å². The van der Waals surface area contributed by atoms with E-state index in [4.69, 9.17) is 15.2 Å². The van der Waals surface area contributed by atoms with Gasteiger partial charge in [-0.3, -0.25) is 0 Å². The lowest BCUT2D eigenvalue weighted by Gasteiger charge is -2.09. The molecular formula is C12H16FNO3. The van der Waals surface area contributed by atoms with Crippen molar-refractivity contribution in [2.45, 2.75) is 20.0 Å². The minimum atomic E-state index is -0.574. The average Bonchev–Trinajstić information content (AvgIpc) is 2.23. The standard InChI is InChI=1S/C12H16FNO3/c1-8(2)16-5-6-17-12(15)10-4-3-9(13)7-11(10)14/h3-4,7-8H,5-6,14H2,1-2H3. The third kappa shape index (κ3) is 4.40. The van der Waals surface area contributed by atoms with E-state index in [2.05, 4.69) is 0 Å². The average molecular weight is 241 g/mol. The zero-order valence-electron chi connectivity index (χ0n) is 9.90. The van der Waals surface area contributed by atoms with Crippen LogP contribution in [0.5, 0.6) is 0 Å². The van der Waals surface area contributed by atoms with Crippen LogP contribution in [0.15, 0.2) is 18.2 Å². The van der Waals surface area contributed by atoms with Gasteiger partial charge in [-0.2, -0.15) is 0 Å². The molecule has 0 fully saturated rings. The Morgan fingerprint density at radius 3 is 2.71 bits per heavy atom. The van der Waals surface area contributed by atoms with E-state index < -0.39 is 11.8 Å². The van der Waals surface area contributed by atoms with Gasteiger partial charge >= 0.3 is 5.97 Å². The highest BCUT2D eigenvalue weighted by molar-refractivity contribution is 5.94. The molecule has 17 heavy (non-hydrogen) atoms. The molecule has 0 aliphatic rings. The van der Waals surface area contributed by atoms with E-state index in [-0.39, 0.29) is 24.0 Å². The third-order valence-corrected chi connectivity index (χ3v) is 2.00. The predicted octanol–water partition coefficient (Wildman–Crippen LogP) is 1.99. The topological polar surface area (TPSA) is 61.5 Å². The number of halogens is 1. The number of carbonyl (C=O) groups is 1. The first kappa shape index (κ1) is 13.4. The normalized spacial score (nSPS) is 10.6. The zero-order chi connectivity index (χ0) is 12.8. The quantitative estimate of drug-likeness (QED) is 0.486. The first-order chi connectivity index (χ1) is 8.00. The molecule has 0 spiro atoms. The van der Waals surface area contributed by atoms with Gasteiger partial charge in [0, 0.05) is 5.69 Å². The van der Waals surface area contributed by atoms with E-state index in [0.717, 1.165) is 12.1 Å². The smallest absolute Gasteiger partial charge is 0.340 e. The Hall–Kier alpha value is -1.62. The molecule has 0 atom stereocenters. The van der Waals surface area contributed by atoms with Crippen LogP contribution < -0.4 is 5.73 Å². The van der Waals surface area contributed by atoms with Crippen LogP contribution in [0.3, 0.4) is 0 Å². The Morgan fingerprint density at radius 2 is 2.12 bits per heavy atom. The molecular weight excluding hydrogens is 225 g/mol. The summed E-state index contributed by atoms with van der Waals surface area (Å²) in [5.41, 5.74) is 5.73. The van der Waals surface area contributed by atoms with Crippen LogP contribution in [0.4, 0.5) is 10.1 Å². The van der Waals surface area contributed by atoms with Crippen molar-refractivity contribution in [3.8, 4) is 0 Å². The van der Waals surface area contributed by atoms with E-state index in [1.807, 2.05) is 13.8 Å². The van der Waals surface area contributed by atoms with Crippen LogP contribution in [-0.2, 0) is 9.47 Å². The fraction of sp³-hybridized carbons (Fsp3) is 0.417. The number of carbonyl (C=O) groups excluding carboxylic acids is 1. The van der Waals surface area contributed by atoms with E-state index in [9.17, 15) is 9.18 Å². The van der Waals surface area contributed by atoms with Crippen LogP contribution in [-0.4, -0.2) is 25.3 Å². The molecule has 0 heterocycles. The number of nitrogen functional groups attached to an aromatic ring is 1. The summed E-state index contributed by atoms with van der Waals surface area (Å²) in [5.74, 6) is -1.06. The summed E-state index contributed by atoms with van der Waals surface area (Å²) in [4.78, 5) is 11.5. The van der Waals surface area contributed by atoms with E-state index in [0.29, 0.717) is 6.61 Å². The van der Waals surface area contributed by atoms with E-state index >= 15 is 0 Å². The van der Waals surface area contributed by atoms with E-state index in [1.54, 1.807) is 0 Å². The van der Waals surface area contributed by atoms with Gasteiger partial charge in [-0.25, -0.2) is 9.18 Å². The summed E-state index contributed by atoms with van der Waals surface area (Å²) in [6, 6.07) is 3.55. The molecule has 0 aliphatic carbocycles. The number of anilines is 1. The maximum atomic E-state index is 12.8. The second-order valence-corrected chi connectivity index (χ2v) is 3.79. The number of hydrogen-bond donors (Lipinski definition) is 1. The highest BCUT2D eigenvalue weighted by Crippen LogP contribution is 2.14. The van der Waals surface area contributed by atoms with Crippen molar-refractivity contribution in [2.24, 2.45) is 0 Å². The van der Waals surface area contributed by atoms with Gasteiger partial charge in [-0.05, 0) is 32.0 Å². The zero-order valence-corrected chi connectivity index (χ0v) is 9.90. The monoisotopic (exact) mass is 241 g/mol. The molecule has 4 nitrogen and oxygen atoms in total. The van der Waals surface area contributed by atoms with Gasteiger partial charge < -0.3 is 15.2 Å². The highest BCUT2D eigenvalue weighted by atomic mass is 19.1. The van der Waals surface area contributed by atoms with Gasteiger partial charge in [-0.15, -0.1) is 0 Å². The van der Waals surface area contributed by atoms with Crippen LogP contribution in [0, 0.1) is 5.82 Å². The van der Waals surface area contributed by atoms with Gasteiger partial charge in [0.05, 0.1) is 18.3 Å². The molecule has 0 saturated heterocycles. The summed E-state index contributed by atoms with van der Waals surface area (Å²) in [6.07, 6.45) is 0.0876. The van der Waals surface area contributed by atoms with Crippen molar-refractivity contribution in [1.82, 2.24) is 0 Å². The lowest BCUT2D eigenvalue weighted by atomic mass is 10.2. The van der Waals surface area contributed by atoms with Crippen molar-refractivity contribution in [1.29, 1.82) is 0 Å². The largest absolute Gasteiger partial charge is 0.460 e. The summed E-state index contributed by atoms with van der Waals surface area (Å²) in [7, 11) is 0. The summed E-state index contributed by atoms with van der Waals surface area (Å²) < 4.78 is 22.9. The Kier molecular flexibility index (Phi) is 4.90. The van der Waals surface area contributed by atoms with Gasteiger partial charge in [-0.1, -0.05) is 0 Å². The SMILES string of the molecule is CC(C)OCCOC(=O)c1ccc(F)cc1N. The fourth-order valence-corrected chi connectivity index (χ4v) is 1.22. The van der Waals surface area contributed by atoms with Gasteiger partial charge in [0.15, 0.2) is 0 Å². The van der Waals surface area contributed by atoms with Crippen LogP contribution >= 0.6 is 0 Å². The number of nitrogens with two attached hydrogens (primary N) is 1. The van der Waals surface area contributed by atoms with Crippen molar-refractivity contribution in [3.05, 3.63) is 29.6 Å². The molecule has 94 valence electrons. The highest BCUT2D eigenvalue weighted by Gasteiger charge is 2.11. The Bertz CT molecular complexity index is 393. The number of ether oxygens (including phenoxy) is 2. The van der Waals surface area contributed by atoms with Crippen molar-refractivity contribution in [2.75, 3.05) is 18.9 Å². The molecule has 0 amide bonds. The minimum absolute atomic E-state index is 0.0692. The number of benzene rings is 1. The lowest BCUT2D eigenvalue weighted by Crippen LogP contribution is -2.14. The van der Waals surface area contributed by atoms with Crippen molar-refractivity contribution >= 4 is 11.7 Å². The van der Waals surface area contributed by atoms with Gasteiger partial charge in [0.1, 0.15) is 12.4 Å². The Morgan fingerprint density at radius 1 is 1.41 bits per heavy atom. The number of esters is 1. The molecule has 1 aromatic rings.